The molecule has 0 aromatic carbocycles. The number of hydrogen-bond acceptors (Lipinski definition) is 6. The highest BCUT2D eigenvalue weighted by Crippen LogP contribution is 2.62. The summed E-state index contributed by atoms with van der Waals surface area (Å²) in [6.07, 6.45) is 4.66. The van der Waals surface area contributed by atoms with E-state index in [1.165, 1.54) is 0 Å². The van der Waals surface area contributed by atoms with Gasteiger partial charge in [-0.15, -0.1) is 0 Å². The first-order chi connectivity index (χ1) is 14.5. The number of hydrogen-bond donors (Lipinski definition) is 0. The second-order valence-electron chi connectivity index (χ2n) is 11.0. The van der Waals surface area contributed by atoms with Crippen molar-refractivity contribution in [2.75, 3.05) is 13.2 Å². The van der Waals surface area contributed by atoms with Crippen molar-refractivity contribution in [1.82, 2.24) is 0 Å². The minimum Gasteiger partial charge on any atom is -0.466 e. The topological polar surface area (TPSA) is 77.3 Å². The van der Waals surface area contributed by atoms with E-state index in [9.17, 15) is 9.59 Å². The van der Waals surface area contributed by atoms with Gasteiger partial charge in [0.05, 0.1) is 13.2 Å². The molecule has 3 aliphatic rings. The summed E-state index contributed by atoms with van der Waals surface area (Å²) in [6.45, 7) is 14.2. The van der Waals surface area contributed by atoms with Gasteiger partial charge in [0.15, 0.2) is 0 Å². The fourth-order valence-electron chi connectivity index (χ4n) is 5.68. The van der Waals surface area contributed by atoms with Crippen LogP contribution in [0.3, 0.4) is 0 Å². The number of esters is 2. The predicted molar refractivity (Wildman–Crippen MR) is 122 cm³/mol. The Balaban J connectivity index is 1.64. The van der Waals surface area contributed by atoms with Crippen LogP contribution in [-0.2, 0) is 19.1 Å². The normalized spacial score (nSPS) is 37.9. The molecule has 0 amide bonds. The minimum absolute atomic E-state index is 0.223. The summed E-state index contributed by atoms with van der Waals surface area (Å²) in [5.74, 6) is 1.74. The zero-order valence-electron chi connectivity index (χ0n) is 20.2. The van der Waals surface area contributed by atoms with Crippen LogP contribution in [0.1, 0.15) is 86.5 Å². The maximum absolute atomic E-state index is 12.0. The molecule has 0 radical (unpaired) electrons. The summed E-state index contributed by atoms with van der Waals surface area (Å²) in [7, 11) is 0. The van der Waals surface area contributed by atoms with Crippen LogP contribution in [0.2, 0.25) is 0 Å². The van der Waals surface area contributed by atoms with E-state index < -0.39 is 0 Å². The van der Waals surface area contributed by atoms with E-state index >= 15 is 0 Å². The zero-order chi connectivity index (χ0) is 22.8. The third-order valence-electron chi connectivity index (χ3n) is 8.14. The van der Waals surface area contributed by atoms with Gasteiger partial charge >= 0.3 is 11.9 Å². The average molecular weight is 433 g/mol. The van der Waals surface area contributed by atoms with Crippen LogP contribution in [-0.4, -0.2) is 36.6 Å². The molecule has 0 bridgehead atoms. The van der Waals surface area contributed by atoms with E-state index in [-0.39, 0.29) is 35.6 Å². The first kappa shape index (κ1) is 23.9. The number of nitrogens with zero attached hydrogens (tertiary/aromatic N) is 2. The first-order valence-electron chi connectivity index (χ1n) is 11.9. The van der Waals surface area contributed by atoms with Crippen molar-refractivity contribution in [1.29, 1.82) is 0 Å². The Morgan fingerprint density at radius 2 is 1.10 bits per heavy atom. The standard InChI is InChI=1S/C25H40N2O4/c1-16-14-20-18(24(20,3)4)10-12-30-22(28)8-7-9-23(29)31-13-11-19-21(25(19,5)6)15-17(2)27-26-16/h18-21H,7-15H2,1-6H3/b26-16-,27-17-/t18-,19-,20+,21+/m0/s1. The molecule has 0 aromatic rings. The fourth-order valence-corrected chi connectivity index (χ4v) is 5.68. The summed E-state index contributed by atoms with van der Waals surface area (Å²) < 4.78 is 10.8. The monoisotopic (exact) mass is 432 g/mol. The van der Waals surface area contributed by atoms with Gasteiger partial charge in [-0.2, -0.15) is 10.2 Å². The van der Waals surface area contributed by atoms with Crippen molar-refractivity contribution in [2.24, 2.45) is 44.7 Å². The Morgan fingerprint density at radius 1 is 0.710 bits per heavy atom. The van der Waals surface area contributed by atoms with E-state index in [0.29, 0.717) is 43.3 Å². The predicted octanol–water partition coefficient (Wildman–Crippen LogP) is 5.20. The largest absolute Gasteiger partial charge is 0.466 e. The molecule has 31 heavy (non-hydrogen) atoms. The number of rotatable bonds is 0. The number of fused-ring (bicyclic) bond motifs is 2. The van der Waals surface area contributed by atoms with Crippen LogP contribution in [0, 0.1) is 34.5 Å². The molecular weight excluding hydrogens is 392 g/mol. The maximum Gasteiger partial charge on any atom is 0.305 e. The third-order valence-corrected chi connectivity index (χ3v) is 8.14. The van der Waals surface area contributed by atoms with E-state index in [4.69, 9.17) is 9.47 Å². The highest BCUT2D eigenvalue weighted by Gasteiger charge is 2.57. The number of cyclic esters (lactones) is 2. The lowest BCUT2D eigenvalue weighted by Crippen LogP contribution is -2.10. The molecule has 3 rings (SSSR count). The molecule has 4 atom stereocenters. The SMILES string of the molecule is C/C1=N/N=C(/C)C[C@@H]2[C@H](CCOC(=O)CCCC(=O)OCC[C@H]3[C@@H](C1)C3(C)C)C2(C)C. The smallest absolute Gasteiger partial charge is 0.305 e. The van der Waals surface area contributed by atoms with Gasteiger partial charge < -0.3 is 9.47 Å². The lowest BCUT2D eigenvalue weighted by atomic mass is 10.1. The van der Waals surface area contributed by atoms with Crippen LogP contribution in [0.5, 0.6) is 0 Å². The second-order valence-corrected chi connectivity index (χ2v) is 11.0. The molecule has 1 heterocycles. The van der Waals surface area contributed by atoms with Crippen LogP contribution in [0.25, 0.3) is 0 Å². The van der Waals surface area contributed by atoms with E-state index in [1.54, 1.807) is 0 Å². The van der Waals surface area contributed by atoms with Crippen molar-refractivity contribution in [3.05, 3.63) is 0 Å². The molecule has 0 unspecified atom stereocenters. The van der Waals surface area contributed by atoms with Gasteiger partial charge in [-0.05, 0) is 80.5 Å². The molecule has 2 fully saturated rings. The van der Waals surface area contributed by atoms with Crippen LogP contribution in [0.15, 0.2) is 10.2 Å². The van der Waals surface area contributed by atoms with Gasteiger partial charge in [-0.25, -0.2) is 0 Å². The van der Waals surface area contributed by atoms with E-state index in [2.05, 4.69) is 51.7 Å². The molecule has 0 saturated heterocycles. The Hall–Kier alpha value is -1.72. The maximum atomic E-state index is 12.0. The van der Waals surface area contributed by atoms with Gasteiger partial charge in [0.2, 0.25) is 0 Å². The molecule has 1 aliphatic heterocycles. The Labute approximate surface area is 187 Å². The minimum atomic E-state index is -0.223. The molecule has 0 aromatic heterocycles. The number of carbonyl (C=O) groups excluding carboxylic acids is 2. The van der Waals surface area contributed by atoms with Crippen LogP contribution < -0.4 is 0 Å². The molecule has 0 N–H and O–H groups in total. The molecule has 0 spiro atoms. The van der Waals surface area contributed by atoms with Crippen molar-refractivity contribution < 1.29 is 19.1 Å². The highest BCUT2D eigenvalue weighted by molar-refractivity contribution is 5.86. The Bertz CT molecular complexity index is 691. The van der Waals surface area contributed by atoms with Gasteiger partial charge in [-0.3, -0.25) is 9.59 Å². The Morgan fingerprint density at radius 3 is 1.48 bits per heavy atom. The summed E-state index contributed by atoms with van der Waals surface area (Å²) >= 11 is 0. The average Bonchev–Trinajstić information content (AvgIpc) is 3.40. The van der Waals surface area contributed by atoms with Crippen molar-refractivity contribution in [3.63, 3.8) is 0 Å². The molecule has 2 saturated carbocycles. The summed E-state index contributed by atoms with van der Waals surface area (Å²) in [5, 5.41) is 9.05. The van der Waals surface area contributed by atoms with Gasteiger partial charge in [0, 0.05) is 24.3 Å². The molecular formula is C25H40N2O4. The van der Waals surface area contributed by atoms with Crippen molar-refractivity contribution in [3.8, 4) is 0 Å². The Kier molecular flexibility index (Phi) is 7.27. The van der Waals surface area contributed by atoms with E-state index in [0.717, 1.165) is 37.1 Å². The number of carbonyl (C=O) groups is 2. The van der Waals surface area contributed by atoms with Gasteiger partial charge in [0.25, 0.3) is 0 Å². The van der Waals surface area contributed by atoms with Gasteiger partial charge in [-0.1, -0.05) is 27.7 Å². The first-order valence-corrected chi connectivity index (χ1v) is 11.9. The summed E-state index contributed by atoms with van der Waals surface area (Å²) in [4.78, 5) is 24.0. The van der Waals surface area contributed by atoms with Crippen LogP contribution in [0.4, 0.5) is 0 Å². The molecule has 6 nitrogen and oxygen atoms in total. The van der Waals surface area contributed by atoms with Gasteiger partial charge in [0.1, 0.15) is 0 Å². The van der Waals surface area contributed by atoms with Crippen molar-refractivity contribution in [2.45, 2.75) is 86.5 Å². The van der Waals surface area contributed by atoms with E-state index in [1.807, 2.05) is 0 Å². The lowest BCUT2D eigenvalue weighted by Gasteiger charge is -2.07. The number of ether oxygens (including phenoxy) is 2. The molecule has 2 aliphatic carbocycles. The van der Waals surface area contributed by atoms with Crippen LogP contribution >= 0.6 is 0 Å². The zero-order valence-corrected chi connectivity index (χ0v) is 20.2. The molecule has 174 valence electrons. The quantitative estimate of drug-likeness (QED) is 0.493. The second kappa shape index (κ2) is 9.41. The third kappa shape index (κ3) is 5.95. The lowest BCUT2D eigenvalue weighted by molar-refractivity contribution is -0.145. The summed E-state index contributed by atoms with van der Waals surface area (Å²) in [6, 6.07) is 0. The highest BCUT2D eigenvalue weighted by atomic mass is 16.5. The molecule has 6 heteroatoms. The van der Waals surface area contributed by atoms with Crippen molar-refractivity contribution >= 4 is 23.4 Å². The summed E-state index contributed by atoms with van der Waals surface area (Å²) in [5.41, 5.74) is 2.63. The fraction of sp³-hybridized carbons (Fsp3) is 0.840.